The Morgan fingerprint density at radius 2 is 1.91 bits per heavy atom. The first-order valence-corrected chi connectivity index (χ1v) is 8.46. The lowest BCUT2D eigenvalue weighted by atomic mass is 10.1. The summed E-state index contributed by atoms with van der Waals surface area (Å²) in [6.07, 6.45) is 0. The van der Waals surface area contributed by atoms with Crippen LogP contribution in [0.2, 0.25) is 0 Å². The Hall–Kier alpha value is -1.81. The zero-order valence-corrected chi connectivity index (χ0v) is 14.9. The fourth-order valence-corrected chi connectivity index (χ4v) is 2.64. The van der Waals surface area contributed by atoms with Crippen LogP contribution < -0.4 is 10.2 Å². The molecule has 0 bridgehead atoms. The van der Waals surface area contributed by atoms with Crippen LogP contribution in [0.15, 0.2) is 23.0 Å². The zero-order valence-electron chi connectivity index (χ0n) is 14.9. The molecule has 1 aromatic carbocycles. The second kappa shape index (κ2) is 7.64. The van der Waals surface area contributed by atoms with E-state index in [-0.39, 0.29) is 5.43 Å². The van der Waals surface area contributed by atoms with Gasteiger partial charge < -0.3 is 9.72 Å². The van der Waals surface area contributed by atoms with E-state index in [1.165, 1.54) is 0 Å². The van der Waals surface area contributed by atoms with Crippen LogP contribution >= 0.6 is 0 Å². The van der Waals surface area contributed by atoms with Gasteiger partial charge >= 0.3 is 0 Å². The number of aromatic amines is 1. The number of H-pyrrole nitrogens is 1. The number of hydrogen-bond donors (Lipinski definition) is 1. The Labute approximate surface area is 138 Å². The minimum Gasteiger partial charge on any atom is -0.493 e. The molecule has 2 aromatic rings. The first kappa shape index (κ1) is 17.5. The Bertz CT molecular complexity index is 715. The van der Waals surface area contributed by atoms with Gasteiger partial charge in [0, 0.05) is 28.7 Å². The van der Waals surface area contributed by atoms with Gasteiger partial charge in [0.05, 0.1) is 6.61 Å². The highest BCUT2D eigenvalue weighted by Gasteiger charge is 2.13. The van der Waals surface area contributed by atoms with Crippen LogP contribution in [-0.2, 0) is 6.54 Å². The molecule has 0 spiro atoms. The van der Waals surface area contributed by atoms with Crippen LogP contribution in [-0.4, -0.2) is 29.6 Å². The SMILES string of the molecule is CCN(CC)Cc1c(C)[nH]c2ccc(OCC(C)C)cc2c1=O. The van der Waals surface area contributed by atoms with Gasteiger partial charge in [-0.05, 0) is 44.1 Å². The van der Waals surface area contributed by atoms with E-state index in [2.05, 4.69) is 37.6 Å². The maximum Gasteiger partial charge on any atom is 0.194 e. The number of hydrogen-bond acceptors (Lipinski definition) is 3. The van der Waals surface area contributed by atoms with Crippen LogP contribution in [0.4, 0.5) is 0 Å². The van der Waals surface area contributed by atoms with Crippen molar-refractivity contribution >= 4 is 10.9 Å². The summed E-state index contributed by atoms with van der Waals surface area (Å²) in [5, 5.41) is 0.707. The van der Waals surface area contributed by atoms with Crippen LogP contribution in [0.25, 0.3) is 10.9 Å². The molecule has 1 heterocycles. The summed E-state index contributed by atoms with van der Waals surface area (Å²) in [6.45, 7) is 13.6. The summed E-state index contributed by atoms with van der Waals surface area (Å²) in [4.78, 5) is 18.5. The molecule has 0 atom stereocenters. The van der Waals surface area contributed by atoms with E-state index in [1.807, 2.05) is 25.1 Å². The lowest BCUT2D eigenvalue weighted by Gasteiger charge is -2.19. The van der Waals surface area contributed by atoms with E-state index in [0.29, 0.717) is 24.5 Å². The van der Waals surface area contributed by atoms with Gasteiger partial charge in [0.25, 0.3) is 0 Å². The Morgan fingerprint density at radius 3 is 2.52 bits per heavy atom. The van der Waals surface area contributed by atoms with Crippen LogP contribution in [0.5, 0.6) is 5.75 Å². The highest BCUT2D eigenvalue weighted by Crippen LogP contribution is 2.19. The third-order valence-corrected chi connectivity index (χ3v) is 4.14. The molecule has 2 rings (SSSR count). The number of nitrogens with one attached hydrogen (secondary N) is 1. The van der Waals surface area contributed by atoms with Gasteiger partial charge in [-0.2, -0.15) is 0 Å². The summed E-state index contributed by atoms with van der Waals surface area (Å²) in [6, 6.07) is 5.71. The lowest BCUT2D eigenvalue weighted by molar-refractivity contribution is 0.271. The Morgan fingerprint density at radius 1 is 1.22 bits per heavy atom. The van der Waals surface area contributed by atoms with E-state index in [4.69, 9.17) is 4.74 Å². The number of fused-ring (bicyclic) bond motifs is 1. The molecule has 1 aromatic heterocycles. The predicted molar refractivity (Wildman–Crippen MR) is 96.3 cm³/mol. The molecule has 4 heteroatoms. The molecule has 126 valence electrons. The highest BCUT2D eigenvalue weighted by molar-refractivity contribution is 5.81. The number of rotatable bonds is 7. The summed E-state index contributed by atoms with van der Waals surface area (Å²) in [5.74, 6) is 1.22. The number of pyridine rings is 1. The van der Waals surface area contributed by atoms with Crippen LogP contribution in [0, 0.1) is 12.8 Å². The third-order valence-electron chi connectivity index (χ3n) is 4.14. The molecule has 0 unspecified atom stereocenters. The van der Waals surface area contributed by atoms with Crippen molar-refractivity contribution in [3.05, 3.63) is 39.7 Å². The number of benzene rings is 1. The fourth-order valence-electron chi connectivity index (χ4n) is 2.64. The first-order chi connectivity index (χ1) is 11.0. The quantitative estimate of drug-likeness (QED) is 0.847. The van der Waals surface area contributed by atoms with Crippen molar-refractivity contribution in [3.8, 4) is 5.75 Å². The largest absolute Gasteiger partial charge is 0.493 e. The summed E-state index contributed by atoms with van der Waals surface area (Å²) in [5.41, 5.74) is 2.78. The van der Waals surface area contributed by atoms with Crippen molar-refractivity contribution < 1.29 is 4.74 Å². The summed E-state index contributed by atoms with van der Waals surface area (Å²) < 4.78 is 5.76. The summed E-state index contributed by atoms with van der Waals surface area (Å²) >= 11 is 0. The number of ether oxygens (including phenoxy) is 1. The molecule has 0 aliphatic carbocycles. The lowest BCUT2D eigenvalue weighted by Crippen LogP contribution is -2.27. The second-order valence-electron chi connectivity index (χ2n) is 6.43. The van der Waals surface area contributed by atoms with Crippen molar-refractivity contribution in [2.45, 2.75) is 41.2 Å². The number of nitrogens with zero attached hydrogens (tertiary/aromatic N) is 1. The van der Waals surface area contributed by atoms with Gasteiger partial charge in [0.2, 0.25) is 0 Å². The van der Waals surface area contributed by atoms with Gasteiger partial charge in [0.15, 0.2) is 5.43 Å². The smallest absolute Gasteiger partial charge is 0.194 e. The average molecular weight is 316 g/mol. The van der Waals surface area contributed by atoms with Crippen molar-refractivity contribution in [2.75, 3.05) is 19.7 Å². The standard InChI is InChI=1S/C19H28N2O2/c1-6-21(7-2)11-17-14(5)20-18-9-8-15(23-12-13(3)4)10-16(18)19(17)22/h8-10,13H,6-7,11-12H2,1-5H3,(H,20,22). The molecule has 0 saturated carbocycles. The first-order valence-electron chi connectivity index (χ1n) is 8.46. The number of aromatic nitrogens is 1. The van der Waals surface area contributed by atoms with E-state index in [9.17, 15) is 4.79 Å². The Kier molecular flexibility index (Phi) is 5.83. The molecule has 4 nitrogen and oxygen atoms in total. The molecule has 0 amide bonds. The van der Waals surface area contributed by atoms with Gasteiger partial charge in [0.1, 0.15) is 5.75 Å². The van der Waals surface area contributed by atoms with E-state index in [1.54, 1.807) is 0 Å². The maximum atomic E-state index is 12.9. The molecule has 0 aliphatic rings. The third kappa shape index (κ3) is 4.14. The summed E-state index contributed by atoms with van der Waals surface area (Å²) in [7, 11) is 0. The molecular weight excluding hydrogens is 288 g/mol. The molecule has 1 N–H and O–H groups in total. The van der Waals surface area contributed by atoms with Crippen molar-refractivity contribution in [1.82, 2.24) is 9.88 Å². The van der Waals surface area contributed by atoms with Crippen molar-refractivity contribution in [3.63, 3.8) is 0 Å². The monoisotopic (exact) mass is 316 g/mol. The topological polar surface area (TPSA) is 45.3 Å². The minimum absolute atomic E-state index is 0.109. The van der Waals surface area contributed by atoms with E-state index in [0.717, 1.165) is 35.6 Å². The molecule has 0 aliphatic heterocycles. The van der Waals surface area contributed by atoms with Crippen LogP contribution in [0.3, 0.4) is 0 Å². The van der Waals surface area contributed by atoms with Gasteiger partial charge in [-0.3, -0.25) is 9.69 Å². The average Bonchev–Trinajstić information content (AvgIpc) is 2.53. The molecule has 23 heavy (non-hydrogen) atoms. The second-order valence-corrected chi connectivity index (χ2v) is 6.43. The minimum atomic E-state index is 0.109. The van der Waals surface area contributed by atoms with Gasteiger partial charge in [-0.1, -0.05) is 27.7 Å². The molecule has 0 fully saturated rings. The van der Waals surface area contributed by atoms with E-state index < -0.39 is 0 Å². The molecular formula is C19H28N2O2. The van der Waals surface area contributed by atoms with Gasteiger partial charge in [-0.15, -0.1) is 0 Å². The normalized spacial score (nSPS) is 11.6. The maximum absolute atomic E-state index is 12.9. The van der Waals surface area contributed by atoms with Gasteiger partial charge in [-0.25, -0.2) is 0 Å². The molecule has 0 saturated heterocycles. The van der Waals surface area contributed by atoms with Crippen molar-refractivity contribution in [1.29, 1.82) is 0 Å². The zero-order chi connectivity index (χ0) is 17.0. The predicted octanol–water partition coefficient (Wildman–Crippen LogP) is 3.71. The Balaban J connectivity index is 2.43. The van der Waals surface area contributed by atoms with Crippen LogP contribution in [0.1, 0.15) is 39.0 Å². The fraction of sp³-hybridized carbons (Fsp3) is 0.526. The van der Waals surface area contributed by atoms with E-state index >= 15 is 0 Å². The van der Waals surface area contributed by atoms with Crippen molar-refractivity contribution in [2.24, 2.45) is 5.92 Å². The highest BCUT2D eigenvalue weighted by atomic mass is 16.5. The number of aryl methyl sites for hydroxylation is 1. The molecule has 0 radical (unpaired) electrons.